The number of rotatable bonds is 18. The van der Waals surface area contributed by atoms with Gasteiger partial charge in [0, 0.05) is 6.42 Å². The molecule has 0 amide bonds. The average Bonchev–Trinajstić information content (AvgIpc) is 2.59. The van der Waals surface area contributed by atoms with Crippen LogP contribution in [0.2, 0.25) is 0 Å². The SMILES string of the molecule is CCCCCC(C)(C)OOC(C)(CCCCC)OOC(C)(C)CCCCC. The normalized spacial score (nSPS) is 13.3. The number of unbranched alkanes of at least 4 members (excludes halogenated alkanes) is 6. The van der Waals surface area contributed by atoms with Gasteiger partial charge < -0.3 is 0 Å². The Bertz CT molecular complexity index is 326. The Labute approximate surface area is 169 Å². The lowest BCUT2D eigenvalue weighted by Crippen LogP contribution is -2.40. The first-order chi connectivity index (χ1) is 12.6. The topological polar surface area (TPSA) is 36.9 Å². The van der Waals surface area contributed by atoms with Gasteiger partial charge in [0.1, 0.15) is 0 Å². The molecule has 164 valence electrons. The molecule has 0 rings (SSSR count). The van der Waals surface area contributed by atoms with Crippen LogP contribution in [-0.4, -0.2) is 17.0 Å². The van der Waals surface area contributed by atoms with Crippen molar-refractivity contribution in [3.63, 3.8) is 0 Å². The van der Waals surface area contributed by atoms with Crippen LogP contribution < -0.4 is 0 Å². The molecule has 27 heavy (non-hydrogen) atoms. The van der Waals surface area contributed by atoms with Crippen molar-refractivity contribution in [1.82, 2.24) is 0 Å². The van der Waals surface area contributed by atoms with Gasteiger partial charge in [-0.3, -0.25) is 0 Å². The fourth-order valence-electron chi connectivity index (χ4n) is 2.88. The van der Waals surface area contributed by atoms with Crippen molar-refractivity contribution in [1.29, 1.82) is 0 Å². The molecule has 4 nitrogen and oxygen atoms in total. The molecule has 0 aromatic carbocycles. The zero-order valence-corrected chi connectivity index (χ0v) is 19.6. The summed E-state index contributed by atoms with van der Waals surface area (Å²) in [6.07, 6.45) is 13.1. The minimum Gasteiger partial charge on any atom is -0.228 e. The van der Waals surface area contributed by atoms with Crippen molar-refractivity contribution in [2.24, 2.45) is 0 Å². The Kier molecular flexibility index (Phi) is 13.8. The van der Waals surface area contributed by atoms with Gasteiger partial charge in [-0.05, 0) is 53.9 Å². The fraction of sp³-hybridized carbons (Fsp3) is 1.00. The van der Waals surface area contributed by atoms with E-state index in [1.54, 1.807) is 0 Å². The zero-order valence-electron chi connectivity index (χ0n) is 19.6. The van der Waals surface area contributed by atoms with Gasteiger partial charge in [0.15, 0.2) is 0 Å². The molecule has 0 atom stereocenters. The predicted molar refractivity (Wildman–Crippen MR) is 113 cm³/mol. The predicted octanol–water partition coefficient (Wildman–Crippen LogP) is 7.90. The minimum atomic E-state index is -0.890. The van der Waals surface area contributed by atoms with Crippen molar-refractivity contribution >= 4 is 0 Å². The first-order valence-electron chi connectivity index (χ1n) is 11.3. The molecule has 0 unspecified atom stereocenters. The maximum atomic E-state index is 5.85. The maximum absolute atomic E-state index is 5.85. The van der Waals surface area contributed by atoms with E-state index in [1.165, 1.54) is 25.7 Å². The van der Waals surface area contributed by atoms with Gasteiger partial charge in [0.2, 0.25) is 5.79 Å². The van der Waals surface area contributed by atoms with Gasteiger partial charge in [-0.1, -0.05) is 72.1 Å². The Morgan fingerprint density at radius 1 is 0.444 bits per heavy atom. The molecule has 0 bridgehead atoms. The van der Waals surface area contributed by atoms with E-state index < -0.39 is 5.79 Å². The van der Waals surface area contributed by atoms with E-state index in [1.807, 2.05) is 6.92 Å². The molecule has 0 aliphatic carbocycles. The van der Waals surface area contributed by atoms with Gasteiger partial charge in [-0.25, -0.2) is 9.78 Å². The third-order valence-corrected chi connectivity index (χ3v) is 4.89. The Morgan fingerprint density at radius 3 is 1.11 bits per heavy atom. The van der Waals surface area contributed by atoms with Gasteiger partial charge in [-0.2, -0.15) is 9.78 Å². The lowest BCUT2D eigenvalue weighted by Gasteiger charge is -2.35. The van der Waals surface area contributed by atoms with Crippen LogP contribution in [0, 0.1) is 0 Å². The van der Waals surface area contributed by atoms with Gasteiger partial charge in [0.25, 0.3) is 0 Å². The molecule has 0 spiro atoms. The van der Waals surface area contributed by atoms with Crippen LogP contribution in [0.4, 0.5) is 0 Å². The van der Waals surface area contributed by atoms with Crippen molar-refractivity contribution in [3.8, 4) is 0 Å². The maximum Gasteiger partial charge on any atom is 0.231 e. The monoisotopic (exact) mass is 388 g/mol. The highest BCUT2D eigenvalue weighted by atomic mass is 17.3. The molecule has 0 aliphatic rings. The first kappa shape index (κ1) is 26.8. The van der Waals surface area contributed by atoms with Crippen LogP contribution in [0.25, 0.3) is 0 Å². The first-order valence-corrected chi connectivity index (χ1v) is 11.3. The summed E-state index contributed by atoms with van der Waals surface area (Å²) in [5.41, 5.74) is -0.664. The summed E-state index contributed by atoms with van der Waals surface area (Å²) in [5.74, 6) is -0.890. The van der Waals surface area contributed by atoms with E-state index in [9.17, 15) is 0 Å². The van der Waals surface area contributed by atoms with Crippen LogP contribution in [0.1, 0.15) is 132 Å². The van der Waals surface area contributed by atoms with Gasteiger partial charge in [0.05, 0.1) is 11.2 Å². The fourth-order valence-corrected chi connectivity index (χ4v) is 2.88. The van der Waals surface area contributed by atoms with Gasteiger partial charge in [-0.15, -0.1) is 0 Å². The molecule has 0 fully saturated rings. The highest BCUT2D eigenvalue weighted by Crippen LogP contribution is 2.30. The van der Waals surface area contributed by atoms with Crippen LogP contribution in [0.5, 0.6) is 0 Å². The van der Waals surface area contributed by atoms with E-state index >= 15 is 0 Å². The highest BCUT2D eigenvalue weighted by Gasteiger charge is 2.35. The van der Waals surface area contributed by atoms with E-state index in [-0.39, 0.29) is 11.2 Å². The lowest BCUT2D eigenvalue weighted by molar-refractivity contribution is -0.540. The van der Waals surface area contributed by atoms with Crippen LogP contribution in [0.3, 0.4) is 0 Å². The van der Waals surface area contributed by atoms with Crippen LogP contribution >= 0.6 is 0 Å². The van der Waals surface area contributed by atoms with Crippen molar-refractivity contribution in [3.05, 3.63) is 0 Å². The van der Waals surface area contributed by atoms with E-state index in [4.69, 9.17) is 19.6 Å². The molecule has 0 aromatic rings. The summed E-state index contributed by atoms with van der Waals surface area (Å²) >= 11 is 0. The second-order valence-corrected chi connectivity index (χ2v) is 9.36. The molecule has 4 heteroatoms. The molecule has 0 aromatic heterocycles. The molecule has 0 saturated heterocycles. The second kappa shape index (κ2) is 13.9. The Balaban J connectivity index is 4.68. The summed E-state index contributed by atoms with van der Waals surface area (Å²) in [4.78, 5) is 23.4. The minimum absolute atomic E-state index is 0.332. The molecule has 0 radical (unpaired) electrons. The molecule has 0 N–H and O–H groups in total. The largest absolute Gasteiger partial charge is 0.231 e. The third kappa shape index (κ3) is 14.5. The smallest absolute Gasteiger partial charge is 0.228 e. The summed E-state index contributed by atoms with van der Waals surface area (Å²) < 4.78 is 0. The van der Waals surface area contributed by atoms with Crippen molar-refractivity contribution in [2.45, 2.75) is 149 Å². The molecular weight excluding hydrogens is 340 g/mol. The van der Waals surface area contributed by atoms with Crippen molar-refractivity contribution < 1.29 is 19.6 Å². The second-order valence-electron chi connectivity index (χ2n) is 9.36. The van der Waals surface area contributed by atoms with E-state index in [0.29, 0.717) is 0 Å². The standard InChI is InChI=1S/C23H48O4/c1-9-12-15-18-21(4,5)24-26-23(8,20-17-14-11-3)27-25-22(6,7)19-16-13-10-2/h9-20H2,1-8H3. The zero-order chi connectivity index (χ0) is 20.8. The summed E-state index contributed by atoms with van der Waals surface area (Å²) in [5, 5.41) is 0. The van der Waals surface area contributed by atoms with E-state index in [0.717, 1.165) is 51.4 Å². The van der Waals surface area contributed by atoms with Crippen LogP contribution in [0.15, 0.2) is 0 Å². The Morgan fingerprint density at radius 2 is 0.778 bits per heavy atom. The number of hydrogen-bond donors (Lipinski definition) is 0. The quantitative estimate of drug-likeness (QED) is 0.103. The molecule has 0 heterocycles. The molecular formula is C23H48O4. The van der Waals surface area contributed by atoms with Gasteiger partial charge >= 0.3 is 0 Å². The Hall–Kier alpha value is -0.160. The van der Waals surface area contributed by atoms with E-state index in [2.05, 4.69) is 48.5 Å². The third-order valence-electron chi connectivity index (χ3n) is 4.89. The summed E-state index contributed by atoms with van der Waals surface area (Å²) in [6, 6.07) is 0. The number of hydrogen-bond acceptors (Lipinski definition) is 4. The molecule has 0 aliphatic heterocycles. The lowest BCUT2D eigenvalue weighted by atomic mass is 10.0. The average molecular weight is 389 g/mol. The van der Waals surface area contributed by atoms with Crippen LogP contribution in [-0.2, 0) is 19.6 Å². The summed E-state index contributed by atoms with van der Waals surface area (Å²) in [6.45, 7) is 16.8. The summed E-state index contributed by atoms with van der Waals surface area (Å²) in [7, 11) is 0. The molecule has 0 saturated carbocycles. The van der Waals surface area contributed by atoms with Crippen molar-refractivity contribution in [2.75, 3.05) is 0 Å². The highest BCUT2D eigenvalue weighted by molar-refractivity contribution is 4.69.